The van der Waals surface area contributed by atoms with Crippen LogP contribution in [0.4, 0.5) is 0 Å². The van der Waals surface area contributed by atoms with Gasteiger partial charge in [0.25, 0.3) is 5.91 Å². The minimum atomic E-state index is -0.516. The van der Waals surface area contributed by atoms with Crippen LogP contribution in [0, 0.1) is 0 Å². The van der Waals surface area contributed by atoms with Gasteiger partial charge in [-0.3, -0.25) is 4.79 Å². The van der Waals surface area contributed by atoms with Crippen molar-refractivity contribution in [1.29, 1.82) is 0 Å². The summed E-state index contributed by atoms with van der Waals surface area (Å²) in [4.78, 5) is 17.3. The molecule has 1 atom stereocenters. The Morgan fingerprint density at radius 3 is 2.50 bits per heavy atom. The number of carbonyl (C=O) groups excluding carboxylic acids is 1. The molecule has 0 aliphatic heterocycles. The number of nitrogens with one attached hydrogen (secondary N) is 1. The largest absolute Gasteiger partial charge is 0.497 e. The fourth-order valence-corrected chi connectivity index (χ4v) is 3.11. The topological polar surface area (TPSA) is 91.4 Å². The first-order valence-corrected chi connectivity index (χ1v) is 9.06. The van der Waals surface area contributed by atoms with E-state index in [9.17, 15) is 4.79 Å². The van der Waals surface area contributed by atoms with Crippen molar-refractivity contribution >= 4 is 5.91 Å². The van der Waals surface area contributed by atoms with E-state index in [1.807, 2.05) is 29.9 Å². The SMILES string of the molecule is COc1cc(OC)cc([C@H](NC(=O)c2cc(C3CC3)on2)c2nccn2C)c1. The van der Waals surface area contributed by atoms with Crippen LogP contribution >= 0.6 is 0 Å². The number of benzene rings is 1. The van der Waals surface area contributed by atoms with E-state index in [1.54, 1.807) is 32.5 Å². The lowest BCUT2D eigenvalue weighted by Crippen LogP contribution is -2.31. The number of rotatable bonds is 7. The van der Waals surface area contributed by atoms with E-state index < -0.39 is 6.04 Å². The highest BCUT2D eigenvalue weighted by atomic mass is 16.5. The van der Waals surface area contributed by atoms with Gasteiger partial charge in [-0.25, -0.2) is 4.98 Å². The van der Waals surface area contributed by atoms with Crippen LogP contribution in [0.5, 0.6) is 11.5 Å². The molecule has 2 heterocycles. The molecule has 1 aromatic carbocycles. The average Bonchev–Trinajstić information content (AvgIpc) is 3.29. The Morgan fingerprint density at radius 2 is 1.93 bits per heavy atom. The number of aromatic nitrogens is 3. The fraction of sp³-hybridized carbons (Fsp3) is 0.350. The maximum absolute atomic E-state index is 12.9. The predicted octanol–water partition coefficient (Wildman–Crippen LogP) is 2.82. The van der Waals surface area contributed by atoms with Crippen LogP contribution in [-0.4, -0.2) is 34.8 Å². The van der Waals surface area contributed by atoms with Crippen molar-refractivity contribution in [2.24, 2.45) is 7.05 Å². The molecule has 8 nitrogen and oxygen atoms in total. The molecular weight excluding hydrogens is 360 g/mol. The van der Waals surface area contributed by atoms with Crippen LogP contribution < -0.4 is 14.8 Å². The molecule has 0 radical (unpaired) electrons. The Bertz CT molecular complexity index is 968. The summed E-state index contributed by atoms with van der Waals surface area (Å²) in [7, 11) is 5.05. The van der Waals surface area contributed by atoms with Gasteiger partial charge in [0.05, 0.1) is 14.2 Å². The van der Waals surface area contributed by atoms with Gasteiger partial charge in [0, 0.05) is 37.5 Å². The highest BCUT2D eigenvalue weighted by molar-refractivity contribution is 5.92. The zero-order valence-electron chi connectivity index (χ0n) is 16.0. The molecule has 1 aliphatic carbocycles. The van der Waals surface area contributed by atoms with Gasteiger partial charge in [0.2, 0.25) is 0 Å². The lowest BCUT2D eigenvalue weighted by atomic mass is 10.0. The summed E-state index contributed by atoms with van der Waals surface area (Å²) in [6, 6.07) is 6.67. The van der Waals surface area contributed by atoms with E-state index >= 15 is 0 Å². The smallest absolute Gasteiger partial charge is 0.274 e. The molecule has 8 heteroatoms. The molecular formula is C20H22N4O4. The minimum absolute atomic E-state index is 0.260. The molecule has 2 aromatic heterocycles. The highest BCUT2D eigenvalue weighted by Crippen LogP contribution is 2.40. The summed E-state index contributed by atoms with van der Waals surface area (Å²) in [6.07, 6.45) is 5.67. The van der Waals surface area contributed by atoms with Crippen molar-refractivity contribution in [3.63, 3.8) is 0 Å². The number of hydrogen-bond acceptors (Lipinski definition) is 6. The Morgan fingerprint density at radius 1 is 1.21 bits per heavy atom. The van der Waals surface area contributed by atoms with Crippen molar-refractivity contribution in [2.75, 3.05) is 14.2 Å². The summed E-state index contributed by atoms with van der Waals surface area (Å²) in [5.74, 6) is 2.75. The van der Waals surface area contributed by atoms with E-state index in [2.05, 4.69) is 15.5 Å². The molecule has 0 bridgehead atoms. The molecule has 3 aromatic rings. The maximum Gasteiger partial charge on any atom is 0.274 e. The van der Waals surface area contributed by atoms with Crippen LogP contribution in [0.1, 0.15) is 52.4 Å². The van der Waals surface area contributed by atoms with Crippen molar-refractivity contribution in [3.8, 4) is 11.5 Å². The van der Waals surface area contributed by atoms with E-state index in [-0.39, 0.29) is 11.6 Å². The summed E-state index contributed by atoms with van der Waals surface area (Å²) < 4.78 is 17.9. The van der Waals surface area contributed by atoms with Gasteiger partial charge < -0.3 is 23.9 Å². The summed E-state index contributed by atoms with van der Waals surface area (Å²) in [6.45, 7) is 0. The Hall–Kier alpha value is -3.29. The molecule has 1 aliphatic rings. The molecule has 1 fully saturated rings. The number of carbonyl (C=O) groups is 1. The van der Waals surface area contributed by atoms with Gasteiger partial charge >= 0.3 is 0 Å². The van der Waals surface area contributed by atoms with Crippen molar-refractivity contribution in [3.05, 3.63) is 59.5 Å². The minimum Gasteiger partial charge on any atom is -0.497 e. The Balaban J connectivity index is 1.68. The van der Waals surface area contributed by atoms with Gasteiger partial charge in [-0.1, -0.05) is 5.16 Å². The third-order valence-electron chi connectivity index (χ3n) is 4.84. The van der Waals surface area contributed by atoms with Gasteiger partial charge in [0.1, 0.15) is 29.1 Å². The fourth-order valence-electron chi connectivity index (χ4n) is 3.11. The molecule has 0 unspecified atom stereocenters. The molecule has 0 spiro atoms. The van der Waals surface area contributed by atoms with Gasteiger partial charge in [-0.2, -0.15) is 0 Å². The molecule has 4 rings (SSSR count). The van der Waals surface area contributed by atoms with Crippen LogP contribution in [0.2, 0.25) is 0 Å². The van der Waals surface area contributed by atoms with E-state index in [0.717, 1.165) is 24.2 Å². The number of aryl methyl sites for hydroxylation is 1. The molecule has 0 saturated heterocycles. The number of ether oxygens (including phenoxy) is 2. The number of methoxy groups -OCH3 is 2. The lowest BCUT2D eigenvalue weighted by Gasteiger charge is -2.20. The number of imidazole rings is 1. The van der Waals surface area contributed by atoms with Crippen LogP contribution in [-0.2, 0) is 7.05 Å². The second-order valence-electron chi connectivity index (χ2n) is 6.84. The van der Waals surface area contributed by atoms with Crippen molar-refractivity contribution < 1.29 is 18.8 Å². The molecule has 1 saturated carbocycles. The zero-order chi connectivity index (χ0) is 19.7. The normalized spacial score (nSPS) is 14.5. The number of amides is 1. The second-order valence-corrected chi connectivity index (χ2v) is 6.84. The number of nitrogens with zero attached hydrogens (tertiary/aromatic N) is 3. The Kier molecular flexibility index (Phi) is 4.77. The van der Waals surface area contributed by atoms with Gasteiger partial charge in [-0.05, 0) is 30.5 Å². The molecule has 146 valence electrons. The maximum atomic E-state index is 12.9. The quantitative estimate of drug-likeness (QED) is 0.676. The third-order valence-corrected chi connectivity index (χ3v) is 4.84. The molecule has 1 N–H and O–H groups in total. The lowest BCUT2D eigenvalue weighted by molar-refractivity contribution is 0.0931. The van der Waals surface area contributed by atoms with Gasteiger partial charge in [0.15, 0.2) is 5.69 Å². The van der Waals surface area contributed by atoms with Gasteiger partial charge in [-0.15, -0.1) is 0 Å². The van der Waals surface area contributed by atoms with E-state index in [1.165, 1.54) is 0 Å². The summed E-state index contributed by atoms with van der Waals surface area (Å²) >= 11 is 0. The zero-order valence-corrected chi connectivity index (χ0v) is 16.0. The third kappa shape index (κ3) is 3.58. The van der Waals surface area contributed by atoms with Crippen LogP contribution in [0.15, 0.2) is 41.2 Å². The highest BCUT2D eigenvalue weighted by Gasteiger charge is 2.30. The standard InChI is InChI=1S/C20H22N4O4/c1-24-7-6-21-19(24)18(13-8-14(26-2)10-15(9-13)27-3)22-20(25)16-11-17(28-23-16)12-4-5-12/h6-12,18H,4-5H2,1-3H3,(H,22,25)/t18-/m0/s1. The first-order chi connectivity index (χ1) is 13.6. The van der Waals surface area contributed by atoms with E-state index in [4.69, 9.17) is 14.0 Å². The summed E-state index contributed by atoms with van der Waals surface area (Å²) in [5, 5.41) is 6.94. The average molecular weight is 382 g/mol. The van der Waals surface area contributed by atoms with Crippen LogP contribution in [0.25, 0.3) is 0 Å². The van der Waals surface area contributed by atoms with Crippen molar-refractivity contribution in [1.82, 2.24) is 20.0 Å². The first-order valence-electron chi connectivity index (χ1n) is 9.06. The Labute approximate surface area is 162 Å². The summed E-state index contributed by atoms with van der Waals surface area (Å²) in [5.41, 5.74) is 1.04. The second kappa shape index (κ2) is 7.38. The number of hydrogen-bond donors (Lipinski definition) is 1. The molecule has 1 amide bonds. The van der Waals surface area contributed by atoms with Crippen LogP contribution in [0.3, 0.4) is 0 Å². The monoisotopic (exact) mass is 382 g/mol. The van der Waals surface area contributed by atoms with Crippen molar-refractivity contribution in [2.45, 2.75) is 24.8 Å². The van der Waals surface area contributed by atoms with E-state index in [0.29, 0.717) is 23.2 Å². The first kappa shape index (κ1) is 18.1. The predicted molar refractivity (Wildman–Crippen MR) is 101 cm³/mol. The molecule has 28 heavy (non-hydrogen) atoms.